The molecule has 0 unspecified atom stereocenters. The van der Waals surface area contributed by atoms with E-state index in [2.05, 4.69) is 10.6 Å². The van der Waals surface area contributed by atoms with E-state index in [-0.39, 0.29) is 24.7 Å². The first-order valence-corrected chi connectivity index (χ1v) is 10.9. The van der Waals surface area contributed by atoms with Crippen molar-refractivity contribution in [3.8, 4) is 0 Å². The second-order valence-electron chi connectivity index (χ2n) is 9.48. The Hall–Kier alpha value is -0.950. The van der Waals surface area contributed by atoms with Crippen LogP contribution in [0.15, 0.2) is 0 Å². The quantitative estimate of drug-likeness (QED) is 0.731. The highest BCUT2D eigenvalue weighted by Gasteiger charge is 2.30. The van der Waals surface area contributed by atoms with E-state index in [0.717, 1.165) is 44.3 Å². The van der Waals surface area contributed by atoms with Crippen LogP contribution >= 0.6 is 0 Å². The van der Waals surface area contributed by atoms with Gasteiger partial charge < -0.3 is 20.3 Å². The van der Waals surface area contributed by atoms with Crippen molar-refractivity contribution in [1.29, 1.82) is 0 Å². The number of ether oxygens (including phenoxy) is 1. The lowest BCUT2D eigenvalue weighted by Crippen LogP contribution is -2.42. The Morgan fingerprint density at radius 1 is 1.04 bits per heavy atom. The number of carbonyl (C=O) groups excluding carboxylic acids is 1. The molecule has 3 rings (SSSR count). The van der Waals surface area contributed by atoms with Gasteiger partial charge in [0.25, 0.3) is 5.92 Å². The van der Waals surface area contributed by atoms with Crippen LogP contribution in [0.4, 0.5) is 13.6 Å². The van der Waals surface area contributed by atoms with Gasteiger partial charge in [0.2, 0.25) is 0 Å². The summed E-state index contributed by atoms with van der Waals surface area (Å²) in [4.78, 5) is 13.9. The van der Waals surface area contributed by atoms with Gasteiger partial charge in [-0.3, -0.25) is 0 Å². The fourth-order valence-corrected chi connectivity index (χ4v) is 4.10. The number of carbonyl (C=O) groups is 1. The highest BCUT2D eigenvalue weighted by Crippen LogP contribution is 2.29. The van der Waals surface area contributed by atoms with Crippen LogP contribution in [0.5, 0.6) is 0 Å². The highest BCUT2D eigenvalue weighted by atomic mass is 19.3. The van der Waals surface area contributed by atoms with Crippen LogP contribution in [0.1, 0.15) is 65.7 Å². The maximum Gasteiger partial charge on any atom is 0.410 e. The van der Waals surface area contributed by atoms with E-state index >= 15 is 0 Å². The Morgan fingerprint density at radius 3 is 2.11 bits per heavy atom. The summed E-state index contributed by atoms with van der Waals surface area (Å²) >= 11 is 0. The number of likely N-dealkylation sites (tertiary alicyclic amines) is 1. The summed E-state index contributed by atoms with van der Waals surface area (Å²) < 4.78 is 29.7. The minimum absolute atomic E-state index is 0.0556. The van der Waals surface area contributed by atoms with E-state index < -0.39 is 5.92 Å². The molecule has 0 aromatic heterocycles. The molecule has 0 bridgehead atoms. The van der Waals surface area contributed by atoms with Gasteiger partial charge in [-0.15, -0.1) is 0 Å². The first kappa shape index (κ1) is 23.3. The summed E-state index contributed by atoms with van der Waals surface area (Å²) in [7, 11) is 0. The van der Waals surface area contributed by atoms with E-state index in [1.54, 1.807) is 0 Å². The molecule has 0 aromatic carbocycles. The van der Waals surface area contributed by atoms with Crippen molar-refractivity contribution >= 4 is 6.09 Å². The maximum absolute atomic E-state index is 12.1. The molecule has 0 radical (unpaired) electrons. The molecular weight excluding hydrogens is 364 g/mol. The van der Waals surface area contributed by atoms with E-state index in [1.165, 1.54) is 32.4 Å². The van der Waals surface area contributed by atoms with Gasteiger partial charge in [0.15, 0.2) is 0 Å². The fraction of sp³-hybridized carbons (Fsp3) is 0.952. The molecule has 3 heterocycles. The van der Waals surface area contributed by atoms with Gasteiger partial charge in [-0.25, -0.2) is 13.6 Å². The Bertz CT molecular complexity index is 461. The van der Waals surface area contributed by atoms with Gasteiger partial charge in [-0.05, 0) is 90.8 Å². The molecule has 0 atom stereocenters. The van der Waals surface area contributed by atoms with Crippen molar-refractivity contribution in [3.05, 3.63) is 0 Å². The molecule has 0 aromatic rings. The molecule has 0 spiro atoms. The van der Waals surface area contributed by atoms with Crippen LogP contribution in [-0.2, 0) is 4.74 Å². The van der Waals surface area contributed by atoms with Gasteiger partial charge in [0.1, 0.15) is 5.60 Å². The van der Waals surface area contributed by atoms with Crippen LogP contribution in [0.25, 0.3) is 0 Å². The average molecular weight is 404 g/mol. The third-order valence-electron chi connectivity index (χ3n) is 5.67. The summed E-state index contributed by atoms with van der Waals surface area (Å²) in [5.41, 5.74) is -0.386. The van der Waals surface area contributed by atoms with E-state index in [4.69, 9.17) is 4.74 Å². The number of nitrogens with zero attached hydrogens (tertiary/aromatic N) is 1. The van der Waals surface area contributed by atoms with Gasteiger partial charge in [-0.1, -0.05) is 0 Å². The molecule has 2 N–H and O–H groups in total. The number of piperidine rings is 3. The second-order valence-corrected chi connectivity index (χ2v) is 9.48. The van der Waals surface area contributed by atoms with Gasteiger partial charge in [-0.2, -0.15) is 0 Å². The van der Waals surface area contributed by atoms with Crippen molar-refractivity contribution in [2.45, 2.75) is 77.2 Å². The molecule has 0 aliphatic carbocycles. The Kier molecular flexibility index (Phi) is 8.93. The molecule has 5 nitrogen and oxygen atoms in total. The zero-order valence-electron chi connectivity index (χ0n) is 17.9. The highest BCUT2D eigenvalue weighted by molar-refractivity contribution is 5.68. The molecular formula is C21H39F2N3O2. The minimum atomic E-state index is -2.43. The zero-order chi connectivity index (χ0) is 20.6. The largest absolute Gasteiger partial charge is 0.444 e. The van der Waals surface area contributed by atoms with Crippen molar-refractivity contribution in [3.63, 3.8) is 0 Å². The summed E-state index contributed by atoms with van der Waals surface area (Å²) in [6, 6.07) is 0. The zero-order valence-corrected chi connectivity index (χ0v) is 17.9. The number of rotatable bonds is 2. The monoisotopic (exact) mass is 403 g/mol. The lowest BCUT2D eigenvalue weighted by molar-refractivity contribution is -0.0208. The topological polar surface area (TPSA) is 53.6 Å². The van der Waals surface area contributed by atoms with E-state index in [9.17, 15) is 13.6 Å². The third kappa shape index (κ3) is 9.03. The number of nitrogens with one attached hydrogen (secondary N) is 2. The lowest BCUT2D eigenvalue weighted by Gasteiger charge is -2.35. The molecule has 3 aliphatic rings. The number of hydrogen-bond donors (Lipinski definition) is 2. The standard InChI is InChI=1S/C16H30N2O2.C5H9F2N/c1-16(2,3)20-15(19)18-10-6-14(7-11-18)12-13-4-8-17-9-5-13;6-5(7)2-1-3-8-4-5/h13-14,17H,4-12H2,1-3H3;8H,1-4H2. The predicted molar refractivity (Wildman–Crippen MR) is 108 cm³/mol. The first-order chi connectivity index (χ1) is 13.1. The second kappa shape index (κ2) is 10.7. The summed E-state index contributed by atoms with van der Waals surface area (Å²) in [6.07, 6.45) is 6.81. The Morgan fingerprint density at radius 2 is 1.64 bits per heavy atom. The summed E-state index contributed by atoms with van der Waals surface area (Å²) in [5.74, 6) is -0.732. The van der Waals surface area contributed by atoms with Gasteiger partial charge >= 0.3 is 6.09 Å². The van der Waals surface area contributed by atoms with Crippen molar-refractivity contribution in [2.75, 3.05) is 39.3 Å². The number of hydrogen-bond acceptors (Lipinski definition) is 4. The smallest absolute Gasteiger partial charge is 0.410 e. The predicted octanol–water partition coefficient (Wildman–Crippen LogP) is 4.03. The van der Waals surface area contributed by atoms with Crippen LogP contribution in [0.3, 0.4) is 0 Å². The Labute approximate surface area is 168 Å². The lowest BCUT2D eigenvalue weighted by atomic mass is 9.83. The number of alkyl halides is 2. The summed E-state index contributed by atoms with van der Waals surface area (Å²) in [6.45, 7) is 10.5. The van der Waals surface area contributed by atoms with Gasteiger partial charge in [0.05, 0.1) is 6.54 Å². The fourth-order valence-electron chi connectivity index (χ4n) is 4.10. The average Bonchev–Trinajstić information content (AvgIpc) is 2.62. The number of amides is 1. The molecule has 164 valence electrons. The van der Waals surface area contributed by atoms with Crippen molar-refractivity contribution < 1.29 is 18.3 Å². The van der Waals surface area contributed by atoms with Crippen molar-refractivity contribution in [2.24, 2.45) is 11.8 Å². The molecule has 3 fully saturated rings. The van der Waals surface area contributed by atoms with Crippen LogP contribution in [-0.4, -0.2) is 61.8 Å². The Balaban J connectivity index is 0.000000292. The molecule has 3 aliphatic heterocycles. The van der Waals surface area contributed by atoms with Crippen molar-refractivity contribution in [1.82, 2.24) is 15.5 Å². The third-order valence-corrected chi connectivity index (χ3v) is 5.67. The normalized spacial score (nSPS) is 24.2. The molecule has 1 amide bonds. The molecule has 3 saturated heterocycles. The van der Waals surface area contributed by atoms with Crippen LogP contribution in [0.2, 0.25) is 0 Å². The SMILES string of the molecule is CC(C)(C)OC(=O)N1CCC(CC2CCNCC2)CC1.FC1(F)CCCNC1. The van der Waals surface area contributed by atoms with E-state index in [0.29, 0.717) is 6.42 Å². The minimum Gasteiger partial charge on any atom is -0.444 e. The van der Waals surface area contributed by atoms with Crippen LogP contribution < -0.4 is 10.6 Å². The molecule has 28 heavy (non-hydrogen) atoms. The number of halogens is 2. The van der Waals surface area contributed by atoms with Gasteiger partial charge in [0, 0.05) is 19.5 Å². The molecule has 7 heteroatoms. The van der Waals surface area contributed by atoms with E-state index in [1.807, 2.05) is 25.7 Å². The van der Waals surface area contributed by atoms with Crippen LogP contribution in [0, 0.1) is 11.8 Å². The molecule has 0 saturated carbocycles. The summed E-state index contributed by atoms with van der Waals surface area (Å²) in [5, 5.41) is 6.05. The first-order valence-electron chi connectivity index (χ1n) is 10.9. The maximum atomic E-state index is 12.1.